The summed E-state index contributed by atoms with van der Waals surface area (Å²) in [5.74, 6) is 0.903. The van der Waals surface area contributed by atoms with Crippen LogP contribution in [0.3, 0.4) is 0 Å². The van der Waals surface area contributed by atoms with Crippen molar-refractivity contribution in [2.24, 2.45) is 5.92 Å². The molecule has 1 aromatic carbocycles. The highest BCUT2D eigenvalue weighted by Crippen LogP contribution is 2.17. The second-order valence-corrected chi connectivity index (χ2v) is 4.52. The van der Waals surface area contributed by atoms with Crippen LogP contribution in [0.1, 0.15) is 31.2 Å². The molecule has 1 heterocycles. The first-order valence-electron chi connectivity index (χ1n) is 6.12. The summed E-state index contributed by atoms with van der Waals surface area (Å²) < 4.78 is 0. The van der Waals surface area contributed by atoms with E-state index in [1.54, 1.807) is 0 Å². The van der Waals surface area contributed by atoms with E-state index in [1.165, 1.54) is 37.7 Å². The monoisotopic (exact) mass is 202 g/mol. The molecule has 0 N–H and O–H groups in total. The Bertz CT molecular complexity index is 262. The fraction of sp³-hybridized carbons (Fsp3) is 0.571. The standard InChI is InChI=1S/C14H20N/c1-2-6-13(7-3-1)8-4-5-9-14-10-11-15-12-14/h1-3,6-7,14H,4-5,8-12H2. The van der Waals surface area contributed by atoms with Crippen molar-refractivity contribution in [3.63, 3.8) is 0 Å². The van der Waals surface area contributed by atoms with Crippen LogP contribution in [0.15, 0.2) is 30.3 Å². The van der Waals surface area contributed by atoms with E-state index in [0.717, 1.165) is 19.0 Å². The number of aryl methyl sites for hydroxylation is 1. The zero-order chi connectivity index (χ0) is 10.3. The average Bonchev–Trinajstić information content (AvgIpc) is 2.79. The van der Waals surface area contributed by atoms with Gasteiger partial charge in [-0.1, -0.05) is 36.8 Å². The molecule has 0 amide bonds. The minimum absolute atomic E-state index is 0.903. The topological polar surface area (TPSA) is 14.1 Å². The Morgan fingerprint density at radius 3 is 2.73 bits per heavy atom. The molecular formula is C14H20N. The Morgan fingerprint density at radius 2 is 2.00 bits per heavy atom. The molecule has 1 nitrogen and oxygen atoms in total. The van der Waals surface area contributed by atoms with Gasteiger partial charge in [0.15, 0.2) is 0 Å². The van der Waals surface area contributed by atoms with Crippen molar-refractivity contribution >= 4 is 0 Å². The number of unbranched alkanes of at least 4 members (excludes halogenated alkanes) is 1. The molecule has 0 bridgehead atoms. The van der Waals surface area contributed by atoms with E-state index >= 15 is 0 Å². The van der Waals surface area contributed by atoms with E-state index < -0.39 is 0 Å². The predicted octanol–water partition coefficient (Wildman–Crippen LogP) is 3.02. The first-order valence-corrected chi connectivity index (χ1v) is 6.12. The summed E-state index contributed by atoms with van der Waals surface area (Å²) in [6, 6.07) is 10.8. The fourth-order valence-corrected chi connectivity index (χ4v) is 2.28. The minimum Gasteiger partial charge on any atom is -0.241 e. The summed E-state index contributed by atoms with van der Waals surface area (Å²) in [7, 11) is 0. The van der Waals surface area contributed by atoms with E-state index in [-0.39, 0.29) is 0 Å². The van der Waals surface area contributed by atoms with Crippen molar-refractivity contribution in [2.45, 2.75) is 32.1 Å². The number of hydrogen-bond donors (Lipinski definition) is 0. The van der Waals surface area contributed by atoms with Gasteiger partial charge in [0, 0.05) is 13.1 Å². The summed E-state index contributed by atoms with van der Waals surface area (Å²) in [4.78, 5) is 0. The van der Waals surface area contributed by atoms with E-state index in [4.69, 9.17) is 0 Å². The number of rotatable bonds is 5. The molecule has 2 rings (SSSR count). The minimum atomic E-state index is 0.903. The fourth-order valence-electron chi connectivity index (χ4n) is 2.28. The lowest BCUT2D eigenvalue weighted by atomic mass is 9.99. The van der Waals surface area contributed by atoms with Crippen molar-refractivity contribution in [1.29, 1.82) is 0 Å². The molecule has 81 valence electrons. The predicted molar refractivity (Wildman–Crippen MR) is 64.0 cm³/mol. The summed E-state index contributed by atoms with van der Waals surface area (Å²) >= 11 is 0. The molecule has 1 unspecified atom stereocenters. The van der Waals surface area contributed by atoms with Crippen molar-refractivity contribution < 1.29 is 0 Å². The van der Waals surface area contributed by atoms with Gasteiger partial charge in [-0.05, 0) is 37.2 Å². The molecule has 0 aliphatic carbocycles. The lowest BCUT2D eigenvalue weighted by Crippen LogP contribution is -2.02. The first kappa shape index (κ1) is 10.7. The highest BCUT2D eigenvalue weighted by molar-refractivity contribution is 5.14. The van der Waals surface area contributed by atoms with Crippen molar-refractivity contribution in [3.8, 4) is 0 Å². The third kappa shape index (κ3) is 3.67. The van der Waals surface area contributed by atoms with Crippen LogP contribution >= 0.6 is 0 Å². The van der Waals surface area contributed by atoms with Gasteiger partial charge in [-0.25, -0.2) is 5.32 Å². The van der Waals surface area contributed by atoms with Crippen LogP contribution in [-0.2, 0) is 6.42 Å². The van der Waals surface area contributed by atoms with Gasteiger partial charge in [-0.2, -0.15) is 0 Å². The number of nitrogens with zero attached hydrogens (tertiary/aromatic N) is 1. The molecule has 0 aromatic heterocycles. The Morgan fingerprint density at radius 1 is 1.13 bits per heavy atom. The molecule has 1 saturated heterocycles. The van der Waals surface area contributed by atoms with Gasteiger partial charge in [0.05, 0.1) is 0 Å². The number of hydrogen-bond acceptors (Lipinski definition) is 0. The number of benzene rings is 1. The maximum absolute atomic E-state index is 4.40. The van der Waals surface area contributed by atoms with Gasteiger partial charge in [0.25, 0.3) is 0 Å². The van der Waals surface area contributed by atoms with Gasteiger partial charge in [0.1, 0.15) is 0 Å². The Labute approximate surface area is 92.9 Å². The highest BCUT2D eigenvalue weighted by Gasteiger charge is 2.14. The van der Waals surface area contributed by atoms with E-state index in [2.05, 4.69) is 35.6 Å². The maximum atomic E-state index is 4.40. The first-order chi connectivity index (χ1) is 7.45. The molecule has 15 heavy (non-hydrogen) atoms. The Hall–Kier alpha value is -0.820. The van der Waals surface area contributed by atoms with E-state index in [1.807, 2.05) is 0 Å². The molecule has 1 aliphatic heterocycles. The van der Waals surface area contributed by atoms with Crippen molar-refractivity contribution in [3.05, 3.63) is 35.9 Å². The van der Waals surface area contributed by atoms with Crippen LogP contribution in [0.25, 0.3) is 0 Å². The third-order valence-corrected chi connectivity index (χ3v) is 3.25. The second kappa shape index (κ2) is 5.92. The van der Waals surface area contributed by atoms with Crippen molar-refractivity contribution in [2.75, 3.05) is 13.1 Å². The van der Waals surface area contributed by atoms with Crippen LogP contribution in [0.2, 0.25) is 0 Å². The molecule has 1 heteroatoms. The van der Waals surface area contributed by atoms with Crippen LogP contribution in [0, 0.1) is 5.92 Å². The van der Waals surface area contributed by atoms with Crippen LogP contribution in [0.4, 0.5) is 0 Å². The normalized spacial score (nSPS) is 20.7. The molecule has 0 spiro atoms. The largest absolute Gasteiger partial charge is 0.241 e. The highest BCUT2D eigenvalue weighted by atomic mass is 14.9. The van der Waals surface area contributed by atoms with Crippen LogP contribution in [-0.4, -0.2) is 13.1 Å². The van der Waals surface area contributed by atoms with Crippen LogP contribution in [0.5, 0.6) is 0 Å². The molecule has 1 aliphatic rings. The molecule has 1 fully saturated rings. The molecule has 1 aromatic rings. The summed E-state index contributed by atoms with van der Waals surface area (Å²) in [6.45, 7) is 2.24. The Balaban J connectivity index is 1.59. The zero-order valence-electron chi connectivity index (χ0n) is 9.36. The third-order valence-electron chi connectivity index (χ3n) is 3.25. The molecule has 0 saturated carbocycles. The summed E-state index contributed by atoms with van der Waals surface area (Å²) in [5.41, 5.74) is 1.48. The summed E-state index contributed by atoms with van der Waals surface area (Å²) in [5, 5.41) is 4.40. The lowest BCUT2D eigenvalue weighted by Gasteiger charge is -2.06. The van der Waals surface area contributed by atoms with Crippen LogP contribution < -0.4 is 5.32 Å². The van der Waals surface area contributed by atoms with E-state index in [0.29, 0.717) is 0 Å². The van der Waals surface area contributed by atoms with Crippen molar-refractivity contribution in [1.82, 2.24) is 5.32 Å². The lowest BCUT2D eigenvalue weighted by molar-refractivity contribution is 0.497. The van der Waals surface area contributed by atoms with Gasteiger partial charge in [0.2, 0.25) is 0 Å². The van der Waals surface area contributed by atoms with Gasteiger partial charge in [-0.3, -0.25) is 0 Å². The van der Waals surface area contributed by atoms with Gasteiger partial charge in [-0.15, -0.1) is 0 Å². The zero-order valence-corrected chi connectivity index (χ0v) is 9.36. The molecule has 1 radical (unpaired) electrons. The molecular weight excluding hydrogens is 182 g/mol. The average molecular weight is 202 g/mol. The van der Waals surface area contributed by atoms with E-state index in [9.17, 15) is 0 Å². The second-order valence-electron chi connectivity index (χ2n) is 4.52. The SMILES string of the molecule is c1ccc(CCCCC2CC[N]C2)cc1. The van der Waals surface area contributed by atoms with Gasteiger partial charge >= 0.3 is 0 Å². The van der Waals surface area contributed by atoms with Gasteiger partial charge < -0.3 is 0 Å². The summed E-state index contributed by atoms with van der Waals surface area (Å²) in [6.07, 6.45) is 6.67. The smallest absolute Gasteiger partial charge is 0.0162 e. The maximum Gasteiger partial charge on any atom is 0.0162 e. The Kier molecular flexibility index (Phi) is 4.22. The quantitative estimate of drug-likeness (QED) is 0.652. The molecule has 1 atom stereocenters.